The minimum Gasteiger partial charge on any atom is -0.377 e. The SMILES string of the molecule is Cc1cc(NC2CCS(=O)(=O)c3ccccc32)cnc1Cl. The molecule has 1 N–H and O–H groups in total. The molecular formula is C15H15ClN2O2S. The number of anilines is 1. The normalized spacial score (nSPS) is 19.8. The Hall–Kier alpha value is -1.59. The van der Waals surface area contributed by atoms with Gasteiger partial charge >= 0.3 is 0 Å². The van der Waals surface area contributed by atoms with Crippen molar-refractivity contribution in [2.75, 3.05) is 11.1 Å². The summed E-state index contributed by atoms with van der Waals surface area (Å²) < 4.78 is 24.2. The fourth-order valence-electron chi connectivity index (χ4n) is 2.58. The molecule has 6 heteroatoms. The molecule has 1 aromatic carbocycles. The van der Waals surface area contributed by atoms with Crippen LogP contribution in [0, 0.1) is 6.92 Å². The van der Waals surface area contributed by atoms with Gasteiger partial charge in [0.05, 0.1) is 28.6 Å². The summed E-state index contributed by atoms with van der Waals surface area (Å²) in [6, 6.07) is 9.03. The third kappa shape index (κ3) is 2.76. The average Bonchev–Trinajstić information content (AvgIpc) is 2.46. The fraction of sp³-hybridized carbons (Fsp3) is 0.267. The predicted octanol–water partition coefficient (Wildman–Crippen LogP) is 3.37. The lowest BCUT2D eigenvalue weighted by Crippen LogP contribution is -2.24. The van der Waals surface area contributed by atoms with Crippen LogP contribution in [-0.2, 0) is 9.84 Å². The summed E-state index contributed by atoms with van der Waals surface area (Å²) >= 11 is 5.92. The number of nitrogens with zero attached hydrogens (tertiary/aromatic N) is 1. The van der Waals surface area contributed by atoms with Gasteiger partial charge < -0.3 is 5.32 Å². The van der Waals surface area contributed by atoms with Gasteiger partial charge in [-0.1, -0.05) is 29.8 Å². The number of benzene rings is 1. The molecule has 1 aliphatic rings. The quantitative estimate of drug-likeness (QED) is 0.861. The number of hydrogen-bond donors (Lipinski definition) is 1. The van der Waals surface area contributed by atoms with Crippen molar-refractivity contribution in [2.45, 2.75) is 24.3 Å². The van der Waals surface area contributed by atoms with Crippen LogP contribution in [0.25, 0.3) is 0 Å². The number of sulfone groups is 1. The zero-order chi connectivity index (χ0) is 15.0. The van der Waals surface area contributed by atoms with Crippen molar-refractivity contribution >= 4 is 27.1 Å². The Morgan fingerprint density at radius 2 is 2.10 bits per heavy atom. The van der Waals surface area contributed by atoms with Gasteiger partial charge in [0, 0.05) is 0 Å². The highest BCUT2D eigenvalue weighted by molar-refractivity contribution is 7.91. The molecule has 0 radical (unpaired) electrons. The summed E-state index contributed by atoms with van der Waals surface area (Å²) in [4.78, 5) is 4.54. The maximum Gasteiger partial charge on any atom is 0.178 e. The standard InChI is InChI=1S/C15H15ClN2O2S/c1-10-8-11(9-17-15(10)16)18-13-6-7-21(19,20)14-5-3-2-4-12(13)14/h2-5,8-9,13,18H,6-7H2,1H3. The van der Waals surface area contributed by atoms with Crippen molar-refractivity contribution in [2.24, 2.45) is 0 Å². The zero-order valence-corrected chi connectivity index (χ0v) is 13.1. The average molecular weight is 323 g/mol. The smallest absolute Gasteiger partial charge is 0.178 e. The van der Waals surface area contributed by atoms with E-state index in [0.717, 1.165) is 16.8 Å². The van der Waals surface area contributed by atoms with E-state index in [0.29, 0.717) is 16.5 Å². The predicted molar refractivity (Wildman–Crippen MR) is 83.5 cm³/mol. The fourth-order valence-corrected chi connectivity index (χ4v) is 4.30. The van der Waals surface area contributed by atoms with Crippen LogP contribution in [0.2, 0.25) is 5.15 Å². The molecule has 1 atom stereocenters. The zero-order valence-electron chi connectivity index (χ0n) is 11.5. The van der Waals surface area contributed by atoms with E-state index in [1.54, 1.807) is 18.3 Å². The first-order valence-electron chi connectivity index (χ1n) is 6.68. The van der Waals surface area contributed by atoms with Crippen molar-refractivity contribution in [3.05, 3.63) is 52.8 Å². The van der Waals surface area contributed by atoms with Crippen LogP contribution < -0.4 is 5.32 Å². The van der Waals surface area contributed by atoms with Crippen LogP contribution in [-0.4, -0.2) is 19.2 Å². The number of rotatable bonds is 2. The van der Waals surface area contributed by atoms with Crippen LogP contribution in [0.3, 0.4) is 0 Å². The topological polar surface area (TPSA) is 59.1 Å². The van der Waals surface area contributed by atoms with E-state index in [1.165, 1.54) is 0 Å². The number of pyridine rings is 1. The van der Waals surface area contributed by atoms with Crippen molar-refractivity contribution in [3.8, 4) is 0 Å². The third-order valence-corrected chi connectivity index (χ3v) is 5.87. The number of fused-ring (bicyclic) bond motifs is 1. The molecule has 0 spiro atoms. The van der Waals surface area contributed by atoms with Crippen molar-refractivity contribution in [1.82, 2.24) is 4.98 Å². The van der Waals surface area contributed by atoms with Crippen molar-refractivity contribution in [1.29, 1.82) is 0 Å². The maximum absolute atomic E-state index is 12.1. The van der Waals surface area contributed by atoms with Gasteiger partial charge in [-0.2, -0.15) is 0 Å². The summed E-state index contributed by atoms with van der Waals surface area (Å²) in [6.45, 7) is 1.89. The summed E-state index contributed by atoms with van der Waals surface area (Å²) in [5.74, 6) is 0.154. The summed E-state index contributed by atoms with van der Waals surface area (Å²) in [5, 5.41) is 3.84. The molecule has 110 valence electrons. The molecule has 1 aromatic heterocycles. The molecular weight excluding hydrogens is 308 g/mol. The molecule has 0 amide bonds. The van der Waals surface area contributed by atoms with E-state index in [1.807, 2.05) is 25.1 Å². The second-order valence-electron chi connectivity index (χ2n) is 5.17. The number of halogens is 1. The molecule has 4 nitrogen and oxygen atoms in total. The van der Waals surface area contributed by atoms with Gasteiger partial charge in [0.25, 0.3) is 0 Å². The highest BCUT2D eigenvalue weighted by atomic mass is 35.5. The van der Waals surface area contributed by atoms with Crippen LogP contribution in [0.4, 0.5) is 5.69 Å². The Morgan fingerprint density at radius 1 is 1.33 bits per heavy atom. The minimum atomic E-state index is -3.16. The summed E-state index contributed by atoms with van der Waals surface area (Å²) in [6.07, 6.45) is 2.21. The van der Waals surface area contributed by atoms with E-state index in [9.17, 15) is 8.42 Å². The second kappa shape index (κ2) is 5.31. The number of nitrogens with one attached hydrogen (secondary N) is 1. The van der Waals surface area contributed by atoms with E-state index in [-0.39, 0.29) is 11.8 Å². The van der Waals surface area contributed by atoms with Crippen LogP contribution in [0.5, 0.6) is 0 Å². The van der Waals surface area contributed by atoms with Crippen LogP contribution in [0.1, 0.15) is 23.6 Å². The van der Waals surface area contributed by atoms with E-state index in [2.05, 4.69) is 10.3 Å². The van der Waals surface area contributed by atoms with Crippen LogP contribution in [0.15, 0.2) is 41.4 Å². The molecule has 21 heavy (non-hydrogen) atoms. The van der Waals surface area contributed by atoms with Gasteiger partial charge in [0.1, 0.15) is 5.15 Å². The highest BCUT2D eigenvalue weighted by Gasteiger charge is 2.29. The number of aryl methyl sites for hydroxylation is 1. The Bertz CT molecular complexity index is 790. The Kier molecular flexibility index (Phi) is 3.63. The molecule has 2 aromatic rings. The Labute approximate surface area is 129 Å². The largest absolute Gasteiger partial charge is 0.377 e. The lowest BCUT2D eigenvalue weighted by Gasteiger charge is -2.27. The minimum absolute atomic E-state index is 0.0351. The Morgan fingerprint density at radius 3 is 2.86 bits per heavy atom. The maximum atomic E-state index is 12.1. The van der Waals surface area contributed by atoms with E-state index in [4.69, 9.17) is 11.6 Å². The lowest BCUT2D eigenvalue weighted by atomic mass is 10.0. The summed E-state index contributed by atoms with van der Waals surface area (Å²) in [5.41, 5.74) is 2.55. The number of hydrogen-bond acceptors (Lipinski definition) is 4. The molecule has 2 heterocycles. The molecule has 0 saturated heterocycles. The molecule has 0 fully saturated rings. The van der Waals surface area contributed by atoms with Gasteiger partial charge in [-0.15, -0.1) is 0 Å². The first kappa shape index (κ1) is 14.4. The first-order valence-corrected chi connectivity index (χ1v) is 8.71. The molecule has 0 saturated carbocycles. The van der Waals surface area contributed by atoms with Gasteiger partial charge in [-0.05, 0) is 36.6 Å². The second-order valence-corrected chi connectivity index (χ2v) is 7.61. The lowest BCUT2D eigenvalue weighted by molar-refractivity contribution is 0.576. The van der Waals surface area contributed by atoms with E-state index >= 15 is 0 Å². The monoisotopic (exact) mass is 322 g/mol. The molecule has 3 rings (SSSR count). The molecule has 1 aliphatic heterocycles. The van der Waals surface area contributed by atoms with Gasteiger partial charge in [-0.3, -0.25) is 0 Å². The molecule has 0 aliphatic carbocycles. The van der Waals surface area contributed by atoms with Crippen molar-refractivity contribution in [3.63, 3.8) is 0 Å². The summed E-state index contributed by atoms with van der Waals surface area (Å²) in [7, 11) is -3.16. The van der Waals surface area contributed by atoms with Crippen LogP contribution >= 0.6 is 11.6 Å². The first-order chi connectivity index (χ1) is 9.97. The van der Waals surface area contributed by atoms with Gasteiger partial charge in [0.15, 0.2) is 9.84 Å². The third-order valence-electron chi connectivity index (χ3n) is 3.66. The van der Waals surface area contributed by atoms with Crippen molar-refractivity contribution < 1.29 is 8.42 Å². The van der Waals surface area contributed by atoms with Gasteiger partial charge in [-0.25, -0.2) is 13.4 Å². The highest BCUT2D eigenvalue weighted by Crippen LogP contribution is 2.34. The Balaban J connectivity index is 1.95. The molecule has 1 unspecified atom stereocenters. The molecule has 0 bridgehead atoms. The van der Waals surface area contributed by atoms with Gasteiger partial charge in [0.2, 0.25) is 0 Å². The number of aromatic nitrogens is 1. The van der Waals surface area contributed by atoms with E-state index < -0.39 is 9.84 Å².